The molecule has 0 aliphatic heterocycles. The first-order valence-corrected chi connectivity index (χ1v) is 13.4. The number of thiophene rings is 1. The lowest BCUT2D eigenvalue weighted by Crippen LogP contribution is -2.20. The van der Waals surface area contributed by atoms with E-state index < -0.39 is 0 Å². The average Bonchev–Trinajstić information content (AvgIpc) is 3.22. The van der Waals surface area contributed by atoms with Crippen LogP contribution in [0.2, 0.25) is 0 Å². The van der Waals surface area contributed by atoms with Crippen LogP contribution in [-0.2, 0) is 11.8 Å². The van der Waals surface area contributed by atoms with Crippen LogP contribution in [0, 0.1) is 0 Å². The smallest absolute Gasteiger partial charge is 0.0358 e. The Morgan fingerprint density at radius 2 is 1.50 bits per heavy atom. The van der Waals surface area contributed by atoms with Crippen molar-refractivity contribution in [3.63, 3.8) is 0 Å². The number of fused-ring (bicyclic) bond motifs is 3. The van der Waals surface area contributed by atoms with Crippen LogP contribution in [0.5, 0.6) is 0 Å². The van der Waals surface area contributed by atoms with Crippen molar-refractivity contribution in [2.45, 2.75) is 58.3 Å². The normalized spacial score (nSPS) is 12.9. The fraction of sp³-hybridized carbons (Fsp3) is 0.273. The summed E-state index contributed by atoms with van der Waals surface area (Å²) in [5.74, 6) is 0.614. The van der Waals surface area contributed by atoms with Crippen LogP contribution in [0.3, 0.4) is 0 Å². The molecule has 0 saturated heterocycles. The van der Waals surface area contributed by atoms with E-state index in [1.54, 1.807) is 0 Å². The summed E-state index contributed by atoms with van der Waals surface area (Å²) in [7, 11) is 0. The maximum absolute atomic E-state index is 2.41. The Bertz CT molecular complexity index is 1420. The van der Waals surface area contributed by atoms with Crippen LogP contribution < -0.4 is 0 Å². The van der Waals surface area contributed by atoms with E-state index in [9.17, 15) is 0 Å². The zero-order valence-electron chi connectivity index (χ0n) is 20.8. The van der Waals surface area contributed by atoms with Crippen LogP contribution in [0.4, 0.5) is 0 Å². The third kappa shape index (κ3) is 4.55. The molecule has 0 spiro atoms. The monoisotopic (exact) mass is 462 g/mol. The van der Waals surface area contributed by atoms with Gasteiger partial charge in [0.1, 0.15) is 0 Å². The van der Waals surface area contributed by atoms with Gasteiger partial charge in [-0.2, -0.15) is 0 Å². The second-order valence-corrected chi connectivity index (χ2v) is 11.5. The van der Waals surface area contributed by atoms with Gasteiger partial charge in [0.2, 0.25) is 0 Å². The van der Waals surface area contributed by atoms with Crippen molar-refractivity contribution in [3.8, 4) is 11.1 Å². The van der Waals surface area contributed by atoms with E-state index in [2.05, 4.69) is 119 Å². The van der Waals surface area contributed by atoms with Gasteiger partial charge in [-0.05, 0) is 64.1 Å². The van der Waals surface area contributed by atoms with Gasteiger partial charge in [0.15, 0.2) is 0 Å². The van der Waals surface area contributed by atoms with Gasteiger partial charge in [-0.1, -0.05) is 113 Å². The molecule has 0 bridgehead atoms. The minimum Gasteiger partial charge on any atom is -0.135 e. The highest BCUT2D eigenvalue weighted by atomic mass is 32.1. The summed E-state index contributed by atoms with van der Waals surface area (Å²) >= 11 is 1.90. The van der Waals surface area contributed by atoms with Crippen molar-refractivity contribution in [2.75, 3.05) is 0 Å². The second kappa shape index (κ2) is 9.39. The van der Waals surface area contributed by atoms with E-state index in [1.165, 1.54) is 60.8 Å². The van der Waals surface area contributed by atoms with Crippen molar-refractivity contribution in [3.05, 3.63) is 108 Å². The third-order valence-electron chi connectivity index (χ3n) is 7.27. The van der Waals surface area contributed by atoms with E-state index in [1.807, 2.05) is 11.3 Å². The first kappa shape index (κ1) is 22.9. The molecule has 34 heavy (non-hydrogen) atoms. The fourth-order valence-electron chi connectivity index (χ4n) is 5.20. The Labute approximate surface area is 208 Å². The van der Waals surface area contributed by atoms with Crippen LogP contribution in [0.15, 0.2) is 91.0 Å². The molecular formula is C33H34S. The SMILES string of the molecule is CCCC(C)c1cccc(-c2ccc(CC(C)(C)c3ccc4c(c3)sc3ccccc34)cc2)c1. The summed E-state index contributed by atoms with van der Waals surface area (Å²) in [5.41, 5.74) is 6.94. The van der Waals surface area contributed by atoms with Crippen LogP contribution >= 0.6 is 11.3 Å². The molecule has 1 heterocycles. The zero-order chi connectivity index (χ0) is 23.7. The molecule has 0 aliphatic carbocycles. The second-order valence-electron chi connectivity index (χ2n) is 10.4. The molecule has 0 amide bonds. The van der Waals surface area contributed by atoms with E-state index in [0.717, 1.165) is 6.42 Å². The summed E-state index contributed by atoms with van der Waals surface area (Å²) < 4.78 is 2.76. The highest BCUT2D eigenvalue weighted by molar-refractivity contribution is 7.25. The molecule has 1 unspecified atom stereocenters. The molecule has 0 N–H and O–H groups in total. The number of hydrogen-bond donors (Lipinski definition) is 0. The third-order valence-corrected chi connectivity index (χ3v) is 8.40. The summed E-state index contributed by atoms with van der Waals surface area (Å²) in [4.78, 5) is 0. The molecule has 0 fully saturated rings. The van der Waals surface area contributed by atoms with E-state index in [0.29, 0.717) is 5.92 Å². The Morgan fingerprint density at radius 1 is 0.735 bits per heavy atom. The van der Waals surface area contributed by atoms with Gasteiger partial charge >= 0.3 is 0 Å². The van der Waals surface area contributed by atoms with Crippen molar-refractivity contribution < 1.29 is 0 Å². The molecule has 1 atom stereocenters. The summed E-state index contributed by atoms with van der Waals surface area (Å²) in [5, 5.41) is 2.75. The highest BCUT2D eigenvalue weighted by Crippen LogP contribution is 2.37. The maximum Gasteiger partial charge on any atom is 0.0358 e. The number of benzene rings is 4. The molecular weight excluding hydrogens is 428 g/mol. The fourth-order valence-corrected chi connectivity index (χ4v) is 6.34. The summed E-state index contributed by atoms with van der Waals surface area (Å²) in [6, 6.07) is 34.1. The van der Waals surface area contributed by atoms with Crippen LogP contribution in [0.25, 0.3) is 31.3 Å². The van der Waals surface area contributed by atoms with Crippen molar-refractivity contribution in [1.82, 2.24) is 0 Å². The quantitative estimate of drug-likeness (QED) is 0.226. The molecule has 0 radical (unpaired) electrons. The van der Waals surface area contributed by atoms with Gasteiger partial charge in [0.25, 0.3) is 0 Å². The van der Waals surface area contributed by atoms with E-state index >= 15 is 0 Å². The van der Waals surface area contributed by atoms with Gasteiger partial charge in [-0.25, -0.2) is 0 Å². The van der Waals surface area contributed by atoms with Gasteiger partial charge in [-0.15, -0.1) is 11.3 Å². The summed E-state index contributed by atoms with van der Waals surface area (Å²) in [6.45, 7) is 9.34. The molecule has 172 valence electrons. The number of rotatable bonds is 7. The zero-order valence-corrected chi connectivity index (χ0v) is 21.6. The molecule has 0 nitrogen and oxygen atoms in total. The highest BCUT2D eigenvalue weighted by Gasteiger charge is 2.22. The lowest BCUT2D eigenvalue weighted by molar-refractivity contribution is 0.523. The molecule has 5 rings (SSSR count). The van der Waals surface area contributed by atoms with Crippen LogP contribution in [-0.4, -0.2) is 0 Å². The predicted molar refractivity (Wildman–Crippen MR) is 151 cm³/mol. The van der Waals surface area contributed by atoms with Crippen molar-refractivity contribution in [1.29, 1.82) is 0 Å². The minimum absolute atomic E-state index is 0.0708. The van der Waals surface area contributed by atoms with Gasteiger partial charge in [0, 0.05) is 20.2 Å². The molecule has 0 saturated carbocycles. The first-order chi connectivity index (χ1) is 16.4. The lowest BCUT2D eigenvalue weighted by Gasteiger charge is -2.26. The molecule has 4 aromatic carbocycles. The van der Waals surface area contributed by atoms with Crippen LogP contribution in [0.1, 0.15) is 63.1 Å². The molecule has 1 aromatic heterocycles. The first-order valence-electron chi connectivity index (χ1n) is 12.6. The van der Waals surface area contributed by atoms with Crippen molar-refractivity contribution >= 4 is 31.5 Å². The van der Waals surface area contributed by atoms with E-state index in [4.69, 9.17) is 0 Å². The summed E-state index contributed by atoms with van der Waals surface area (Å²) in [6.07, 6.45) is 3.49. The Kier molecular flexibility index (Phi) is 6.32. The standard InChI is InChI=1S/C33H34S/c1-5-9-23(2)26-10-8-11-27(20-26)25-16-14-24(15-17-25)22-33(3,4)28-18-19-30-29-12-6-7-13-31(29)34-32(30)21-28/h6-8,10-21,23H,5,9,22H2,1-4H3. The predicted octanol–water partition coefficient (Wildman–Crippen LogP) is 10.1. The average molecular weight is 463 g/mol. The minimum atomic E-state index is 0.0708. The molecule has 0 aliphatic rings. The topological polar surface area (TPSA) is 0 Å². The Hall–Kier alpha value is -2.90. The molecule has 5 aromatic rings. The largest absolute Gasteiger partial charge is 0.135 e. The molecule has 1 heteroatoms. The number of hydrogen-bond acceptors (Lipinski definition) is 1. The Morgan fingerprint density at radius 3 is 2.29 bits per heavy atom. The van der Waals surface area contributed by atoms with E-state index in [-0.39, 0.29) is 5.41 Å². The lowest BCUT2D eigenvalue weighted by atomic mass is 9.79. The van der Waals surface area contributed by atoms with Crippen molar-refractivity contribution in [2.24, 2.45) is 0 Å². The van der Waals surface area contributed by atoms with Gasteiger partial charge in [0.05, 0.1) is 0 Å². The van der Waals surface area contributed by atoms with Gasteiger partial charge in [-0.3, -0.25) is 0 Å². The Balaban J connectivity index is 1.37. The maximum atomic E-state index is 2.41. The van der Waals surface area contributed by atoms with Gasteiger partial charge < -0.3 is 0 Å².